The van der Waals surface area contributed by atoms with Crippen LogP contribution < -0.4 is 0 Å². The second-order valence-corrected chi connectivity index (χ2v) is 6.70. The molecule has 0 radical (unpaired) electrons. The monoisotopic (exact) mass is 384 g/mol. The molecule has 0 saturated carbocycles. The van der Waals surface area contributed by atoms with E-state index in [1.54, 1.807) is 6.07 Å². The lowest BCUT2D eigenvalue weighted by Gasteiger charge is -2.40. The summed E-state index contributed by atoms with van der Waals surface area (Å²) in [6, 6.07) is 14.9. The predicted molar refractivity (Wildman–Crippen MR) is 97.9 cm³/mol. The highest BCUT2D eigenvalue weighted by Crippen LogP contribution is 2.34. The van der Waals surface area contributed by atoms with Crippen LogP contribution in [0.2, 0.25) is 0 Å². The number of rotatable bonds is 4. The van der Waals surface area contributed by atoms with Crippen molar-refractivity contribution in [1.29, 1.82) is 0 Å². The van der Waals surface area contributed by atoms with Gasteiger partial charge in [-0.2, -0.15) is 0 Å². The smallest absolute Gasteiger partial charge is 0.247 e. The largest absolute Gasteiger partial charge is 0.423 e. The Labute approximate surface area is 160 Å². The van der Waals surface area contributed by atoms with Gasteiger partial charge in [0.05, 0.1) is 6.61 Å². The summed E-state index contributed by atoms with van der Waals surface area (Å²) in [5, 5.41) is 47.2. The van der Waals surface area contributed by atoms with Crippen molar-refractivity contribution in [1.82, 2.24) is 10.2 Å². The van der Waals surface area contributed by atoms with E-state index in [4.69, 9.17) is 9.15 Å². The molecule has 3 aromatic rings. The summed E-state index contributed by atoms with van der Waals surface area (Å²) in [5.74, 6) is 0.432. The number of aromatic nitrogens is 2. The van der Waals surface area contributed by atoms with Crippen molar-refractivity contribution >= 4 is 0 Å². The van der Waals surface area contributed by atoms with Crippen LogP contribution in [0.4, 0.5) is 0 Å². The van der Waals surface area contributed by atoms with Crippen LogP contribution >= 0.6 is 0 Å². The number of benzene rings is 2. The molecular formula is C20H20N2O6. The van der Waals surface area contributed by atoms with Gasteiger partial charge in [0.25, 0.3) is 0 Å². The number of nitrogens with zero attached hydrogens (tertiary/aromatic N) is 2. The van der Waals surface area contributed by atoms with Crippen LogP contribution in [0.5, 0.6) is 0 Å². The first kappa shape index (κ1) is 18.7. The molecule has 1 saturated heterocycles. The van der Waals surface area contributed by atoms with E-state index in [-0.39, 0.29) is 0 Å². The van der Waals surface area contributed by atoms with Gasteiger partial charge in [0.15, 0.2) is 0 Å². The van der Waals surface area contributed by atoms with E-state index in [0.717, 1.165) is 16.7 Å². The van der Waals surface area contributed by atoms with Crippen molar-refractivity contribution in [2.45, 2.75) is 30.5 Å². The number of aliphatic hydroxyl groups excluding tert-OH is 4. The van der Waals surface area contributed by atoms with Crippen LogP contribution in [0.1, 0.15) is 11.7 Å². The third-order valence-corrected chi connectivity index (χ3v) is 4.93. The zero-order valence-electron chi connectivity index (χ0n) is 14.8. The Morgan fingerprint density at radius 2 is 1.61 bits per heavy atom. The Hall–Kier alpha value is -2.62. The van der Waals surface area contributed by atoms with Gasteiger partial charge in [-0.25, -0.2) is 0 Å². The maximum Gasteiger partial charge on any atom is 0.247 e. The van der Waals surface area contributed by atoms with Crippen molar-refractivity contribution in [3.05, 3.63) is 60.5 Å². The molecular weight excluding hydrogens is 364 g/mol. The lowest BCUT2D eigenvalue weighted by atomic mass is 9.90. The Balaban J connectivity index is 1.61. The lowest BCUT2D eigenvalue weighted by Crippen LogP contribution is -2.55. The molecule has 4 N–H and O–H groups in total. The van der Waals surface area contributed by atoms with Crippen LogP contribution in [0.25, 0.3) is 22.6 Å². The van der Waals surface area contributed by atoms with E-state index in [1.165, 1.54) is 6.39 Å². The number of ether oxygens (including phenoxy) is 1. The summed E-state index contributed by atoms with van der Waals surface area (Å²) in [6.07, 6.45) is -4.64. The quantitative estimate of drug-likeness (QED) is 0.523. The summed E-state index contributed by atoms with van der Waals surface area (Å²) in [6.45, 7) is -0.460. The van der Waals surface area contributed by atoms with E-state index in [2.05, 4.69) is 10.2 Å². The minimum Gasteiger partial charge on any atom is -0.423 e. The SMILES string of the molecule is OC[C@H]1O[C@H](c2cccc(-c3ccc(-c4nnco4)cc3)c2)[C@@H](O)[C@@H](O)[C@@H]1O. The highest BCUT2D eigenvalue weighted by Gasteiger charge is 2.43. The Kier molecular flexibility index (Phi) is 5.21. The van der Waals surface area contributed by atoms with E-state index in [9.17, 15) is 20.4 Å². The Morgan fingerprint density at radius 1 is 0.857 bits per heavy atom. The first-order valence-corrected chi connectivity index (χ1v) is 8.86. The molecule has 5 atom stereocenters. The van der Waals surface area contributed by atoms with E-state index in [0.29, 0.717) is 11.5 Å². The van der Waals surface area contributed by atoms with Crippen molar-refractivity contribution in [2.75, 3.05) is 6.61 Å². The molecule has 1 aliphatic heterocycles. The number of aliphatic hydroxyl groups is 4. The molecule has 1 aliphatic rings. The van der Waals surface area contributed by atoms with Gasteiger partial charge in [0.2, 0.25) is 12.3 Å². The molecule has 1 aromatic heterocycles. The first-order valence-electron chi connectivity index (χ1n) is 8.86. The predicted octanol–water partition coefficient (Wildman–Crippen LogP) is 0.918. The van der Waals surface area contributed by atoms with Crippen molar-refractivity contribution < 1.29 is 29.6 Å². The van der Waals surface area contributed by atoms with Crippen LogP contribution in [0.3, 0.4) is 0 Å². The molecule has 0 unspecified atom stereocenters. The van der Waals surface area contributed by atoms with Gasteiger partial charge in [-0.3, -0.25) is 0 Å². The fourth-order valence-electron chi connectivity index (χ4n) is 3.38. The number of hydrogen-bond acceptors (Lipinski definition) is 8. The van der Waals surface area contributed by atoms with Crippen LogP contribution in [-0.2, 0) is 4.74 Å². The molecule has 0 amide bonds. The number of hydrogen-bond donors (Lipinski definition) is 4. The van der Waals surface area contributed by atoms with E-state index >= 15 is 0 Å². The third kappa shape index (κ3) is 3.44. The molecule has 4 rings (SSSR count). The van der Waals surface area contributed by atoms with Gasteiger partial charge in [-0.1, -0.05) is 30.3 Å². The molecule has 8 heteroatoms. The molecule has 1 fully saturated rings. The average Bonchev–Trinajstić information content (AvgIpc) is 3.27. The van der Waals surface area contributed by atoms with Gasteiger partial charge in [0.1, 0.15) is 30.5 Å². The lowest BCUT2D eigenvalue weighted by molar-refractivity contribution is -0.231. The molecule has 8 nitrogen and oxygen atoms in total. The zero-order valence-corrected chi connectivity index (χ0v) is 14.8. The Bertz CT molecular complexity index is 913. The van der Waals surface area contributed by atoms with Gasteiger partial charge >= 0.3 is 0 Å². The minimum atomic E-state index is -1.41. The first-order chi connectivity index (χ1) is 13.6. The standard InChI is InChI=1S/C20H20N2O6/c23-9-15-16(24)17(25)18(26)19(28-15)14-3-1-2-13(8-14)11-4-6-12(7-5-11)20-22-21-10-27-20/h1-8,10,15-19,23-26H,9H2/t15-,16-,17+,18+,19-/m1/s1. The normalized spacial score (nSPS) is 27.6. The fraction of sp³-hybridized carbons (Fsp3) is 0.300. The molecule has 0 bridgehead atoms. The molecule has 2 heterocycles. The third-order valence-electron chi connectivity index (χ3n) is 4.93. The second kappa shape index (κ2) is 7.78. The van der Waals surface area contributed by atoms with Crippen molar-refractivity contribution in [3.8, 4) is 22.6 Å². The van der Waals surface area contributed by atoms with E-state index < -0.39 is 37.1 Å². The molecule has 0 spiro atoms. The van der Waals surface area contributed by atoms with Crippen molar-refractivity contribution in [3.63, 3.8) is 0 Å². The summed E-state index contributed by atoms with van der Waals surface area (Å²) in [5.41, 5.74) is 3.24. The highest BCUT2D eigenvalue weighted by molar-refractivity contribution is 5.67. The highest BCUT2D eigenvalue weighted by atomic mass is 16.5. The van der Waals surface area contributed by atoms with Crippen LogP contribution in [0, 0.1) is 0 Å². The molecule has 146 valence electrons. The molecule has 28 heavy (non-hydrogen) atoms. The summed E-state index contributed by atoms with van der Waals surface area (Å²) < 4.78 is 10.8. The van der Waals surface area contributed by atoms with Gasteiger partial charge < -0.3 is 29.6 Å². The molecule has 2 aromatic carbocycles. The second-order valence-electron chi connectivity index (χ2n) is 6.70. The fourth-order valence-corrected chi connectivity index (χ4v) is 3.38. The maximum absolute atomic E-state index is 10.3. The van der Waals surface area contributed by atoms with E-state index in [1.807, 2.05) is 42.5 Å². The summed E-state index contributed by atoms with van der Waals surface area (Å²) in [7, 11) is 0. The summed E-state index contributed by atoms with van der Waals surface area (Å²) >= 11 is 0. The minimum absolute atomic E-state index is 0.432. The Morgan fingerprint density at radius 3 is 2.29 bits per heavy atom. The summed E-state index contributed by atoms with van der Waals surface area (Å²) in [4.78, 5) is 0. The van der Waals surface area contributed by atoms with Gasteiger partial charge in [-0.05, 0) is 34.9 Å². The van der Waals surface area contributed by atoms with Gasteiger partial charge in [0, 0.05) is 5.56 Å². The van der Waals surface area contributed by atoms with Gasteiger partial charge in [-0.15, -0.1) is 10.2 Å². The van der Waals surface area contributed by atoms with Crippen LogP contribution in [0.15, 0.2) is 59.3 Å². The maximum atomic E-state index is 10.3. The molecule has 0 aliphatic carbocycles. The van der Waals surface area contributed by atoms with Crippen LogP contribution in [-0.4, -0.2) is 61.6 Å². The zero-order chi connectivity index (χ0) is 19.7. The average molecular weight is 384 g/mol. The topological polar surface area (TPSA) is 129 Å². The van der Waals surface area contributed by atoms with Crippen molar-refractivity contribution in [2.24, 2.45) is 0 Å².